The zero-order valence-corrected chi connectivity index (χ0v) is 5.97. The monoisotopic (exact) mass is 149 g/mol. The van der Waals surface area contributed by atoms with Crippen molar-refractivity contribution in [3.8, 4) is 0 Å². The molecule has 3 N–H and O–H groups in total. The first kappa shape index (κ1) is 11.3. The SMILES string of the molecule is C=CCN.O=C(O)CS. The summed E-state index contributed by atoms with van der Waals surface area (Å²) in [6, 6.07) is 0. The molecule has 0 spiro atoms. The molecule has 0 aromatic carbocycles. The molecule has 9 heavy (non-hydrogen) atoms. The number of carboxylic acid groups (broad SMARTS) is 1. The third-order valence-electron chi connectivity index (χ3n) is 0.302. The molecule has 0 aliphatic carbocycles. The molecule has 3 nitrogen and oxygen atoms in total. The highest BCUT2D eigenvalue weighted by Crippen LogP contribution is 1.66. The fourth-order valence-electron chi connectivity index (χ4n) is 0. The normalized spacial score (nSPS) is 6.89. The average Bonchev–Trinajstić information content (AvgIpc) is 1.89. The first-order chi connectivity index (χ1) is 4.18. The van der Waals surface area contributed by atoms with Crippen molar-refractivity contribution in [3.05, 3.63) is 12.7 Å². The molecule has 0 aromatic heterocycles. The molecule has 4 heteroatoms. The lowest BCUT2D eigenvalue weighted by Crippen LogP contribution is -1.92. The summed E-state index contributed by atoms with van der Waals surface area (Å²) < 4.78 is 0. The van der Waals surface area contributed by atoms with Crippen LogP contribution in [0.25, 0.3) is 0 Å². The fraction of sp³-hybridized carbons (Fsp3) is 0.400. The third kappa shape index (κ3) is 36.1. The molecule has 0 heterocycles. The van der Waals surface area contributed by atoms with E-state index in [1.54, 1.807) is 6.08 Å². The molecule has 0 unspecified atom stereocenters. The van der Waals surface area contributed by atoms with E-state index in [1.807, 2.05) is 0 Å². The van der Waals surface area contributed by atoms with Gasteiger partial charge in [-0.25, -0.2) is 0 Å². The maximum Gasteiger partial charge on any atom is 0.313 e. The van der Waals surface area contributed by atoms with Crippen LogP contribution in [0.2, 0.25) is 0 Å². The second-order valence-electron chi connectivity index (χ2n) is 1.08. The summed E-state index contributed by atoms with van der Waals surface area (Å²) in [6.45, 7) is 3.94. The van der Waals surface area contributed by atoms with Crippen molar-refractivity contribution in [2.24, 2.45) is 5.73 Å². The maximum atomic E-state index is 9.29. The average molecular weight is 149 g/mol. The minimum Gasteiger partial charge on any atom is -0.481 e. The van der Waals surface area contributed by atoms with Gasteiger partial charge in [0, 0.05) is 6.54 Å². The van der Waals surface area contributed by atoms with Crippen LogP contribution in [0.4, 0.5) is 0 Å². The molecule has 0 saturated heterocycles. The first-order valence-corrected chi connectivity index (χ1v) is 2.95. The van der Waals surface area contributed by atoms with E-state index in [0.29, 0.717) is 6.54 Å². The highest BCUT2D eigenvalue weighted by Gasteiger charge is 1.81. The summed E-state index contributed by atoms with van der Waals surface area (Å²) in [5.41, 5.74) is 4.91. The molecule has 0 aliphatic rings. The number of hydrogen-bond acceptors (Lipinski definition) is 3. The first-order valence-electron chi connectivity index (χ1n) is 2.32. The molecule has 0 aliphatic heterocycles. The van der Waals surface area contributed by atoms with Crippen LogP contribution in [0.1, 0.15) is 0 Å². The number of aliphatic carboxylic acids is 1. The molecule has 0 radical (unpaired) electrons. The molecule has 0 atom stereocenters. The van der Waals surface area contributed by atoms with Crippen molar-refractivity contribution in [2.75, 3.05) is 12.3 Å². The van der Waals surface area contributed by atoms with Crippen LogP contribution in [0.3, 0.4) is 0 Å². The number of carboxylic acids is 1. The van der Waals surface area contributed by atoms with E-state index < -0.39 is 5.97 Å². The Labute approximate surface area is 60.0 Å². The second-order valence-corrected chi connectivity index (χ2v) is 1.39. The summed E-state index contributed by atoms with van der Waals surface area (Å²) in [7, 11) is 0. The van der Waals surface area contributed by atoms with Gasteiger partial charge in [0.15, 0.2) is 0 Å². The van der Waals surface area contributed by atoms with E-state index in [1.165, 1.54) is 0 Å². The van der Waals surface area contributed by atoms with E-state index in [9.17, 15) is 4.79 Å². The van der Waals surface area contributed by atoms with Crippen LogP contribution < -0.4 is 5.73 Å². The summed E-state index contributed by atoms with van der Waals surface area (Å²) in [6.07, 6.45) is 1.65. The van der Waals surface area contributed by atoms with Gasteiger partial charge in [0.2, 0.25) is 0 Å². The number of thiol groups is 1. The Kier molecular flexibility index (Phi) is 13.2. The Hall–Kier alpha value is -0.480. The van der Waals surface area contributed by atoms with Gasteiger partial charge in [0.05, 0.1) is 5.75 Å². The third-order valence-corrected chi connectivity index (χ3v) is 0.572. The standard InChI is InChI=1S/C3H7N.C2H4O2S/c1-2-3-4;3-2(4)1-5/h2H,1,3-4H2;5H,1H2,(H,3,4). The van der Waals surface area contributed by atoms with E-state index in [0.717, 1.165) is 0 Å². The summed E-state index contributed by atoms with van der Waals surface area (Å²) in [5.74, 6) is -0.965. The zero-order valence-electron chi connectivity index (χ0n) is 5.08. The van der Waals surface area contributed by atoms with Gasteiger partial charge in [-0.05, 0) is 0 Å². The molecule has 0 aromatic rings. The van der Waals surface area contributed by atoms with Crippen LogP contribution in [-0.4, -0.2) is 23.4 Å². The van der Waals surface area contributed by atoms with Crippen LogP contribution in [0.15, 0.2) is 12.7 Å². The van der Waals surface area contributed by atoms with Crippen LogP contribution in [0.5, 0.6) is 0 Å². The Morgan fingerprint density at radius 2 is 2.11 bits per heavy atom. The van der Waals surface area contributed by atoms with E-state index in [2.05, 4.69) is 19.2 Å². The Balaban J connectivity index is 0. The lowest BCUT2D eigenvalue weighted by Gasteiger charge is -1.71. The van der Waals surface area contributed by atoms with Crippen molar-refractivity contribution < 1.29 is 9.90 Å². The number of hydrogen-bond donors (Lipinski definition) is 3. The minimum atomic E-state index is -0.881. The van der Waals surface area contributed by atoms with Crippen molar-refractivity contribution in [3.63, 3.8) is 0 Å². The highest BCUT2D eigenvalue weighted by atomic mass is 32.1. The van der Waals surface area contributed by atoms with Gasteiger partial charge in [0.25, 0.3) is 0 Å². The zero-order chi connectivity index (χ0) is 7.70. The topological polar surface area (TPSA) is 63.3 Å². The largest absolute Gasteiger partial charge is 0.481 e. The van der Waals surface area contributed by atoms with Gasteiger partial charge in [-0.2, -0.15) is 12.6 Å². The van der Waals surface area contributed by atoms with E-state index in [4.69, 9.17) is 10.8 Å². The van der Waals surface area contributed by atoms with Gasteiger partial charge < -0.3 is 10.8 Å². The lowest BCUT2D eigenvalue weighted by atomic mass is 10.7. The fourth-order valence-corrected chi connectivity index (χ4v) is 0. The predicted molar refractivity (Wildman–Crippen MR) is 40.7 cm³/mol. The molecular formula is C5H11NO2S. The molecule has 0 rings (SSSR count). The number of nitrogens with two attached hydrogens (primary N) is 1. The van der Waals surface area contributed by atoms with Crippen molar-refractivity contribution in [1.82, 2.24) is 0 Å². The van der Waals surface area contributed by atoms with Crippen LogP contribution in [0, 0.1) is 0 Å². The maximum absolute atomic E-state index is 9.29. The minimum absolute atomic E-state index is 0.0833. The highest BCUT2D eigenvalue weighted by molar-refractivity contribution is 7.81. The summed E-state index contributed by atoms with van der Waals surface area (Å²) in [5, 5.41) is 7.65. The number of carbonyl (C=O) groups is 1. The van der Waals surface area contributed by atoms with Crippen molar-refractivity contribution in [1.29, 1.82) is 0 Å². The van der Waals surface area contributed by atoms with Gasteiger partial charge in [-0.15, -0.1) is 6.58 Å². The van der Waals surface area contributed by atoms with Gasteiger partial charge >= 0.3 is 5.97 Å². The van der Waals surface area contributed by atoms with Crippen molar-refractivity contribution >= 4 is 18.6 Å². The van der Waals surface area contributed by atoms with E-state index >= 15 is 0 Å². The second kappa shape index (κ2) is 10.5. The molecule has 0 fully saturated rings. The Morgan fingerprint density at radius 3 is 2.11 bits per heavy atom. The number of rotatable bonds is 2. The van der Waals surface area contributed by atoms with Gasteiger partial charge in [0.1, 0.15) is 0 Å². The molecular weight excluding hydrogens is 138 g/mol. The van der Waals surface area contributed by atoms with Crippen LogP contribution >= 0.6 is 12.6 Å². The van der Waals surface area contributed by atoms with Gasteiger partial charge in [-0.3, -0.25) is 4.79 Å². The molecule has 0 amide bonds. The molecule has 0 saturated carbocycles. The Bertz CT molecular complexity index is 85.0. The summed E-state index contributed by atoms with van der Waals surface area (Å²) in [4.78, 5) is 9.29. The molecule has 0 bridgehead atoms. The molecule has 54 valence electrons. The lowest BCUT2D eigenvalue weighted by molar-refractivity contribution is -0.133. The smallest absolute Gasteiger partial charge is 0.313 e. The van der Waals surface area contributed by atoms with Crippen LogP contribution in [-0.2, 0) is 4.79 Å². The van der Waals surface area contributed by atoms with Crippen molar-refractivity contribution in [2.45, 2.75) is 0 Å². The predicted octanol–water partition coefficient (Wildman–Crippen LogP) is 0.132. The quantitative estimate of drug-likeness (QED) is 0.386. The summed E-state index contributed by atoms with van der Waals surface area (Å²) >= 11 is 3.42. The van der Waals surface area contributed by atoms with E-state index in [-0.39, 0.29) is 5.75 Å². The van der Waals surface area contributed by atoms with Gasteiger partial charge in [-0.1, -0.05) is 6.08 Å². The Morgan fingerprint density at radius 1 is 1.89 bits per heavy atom.